The van der Waals surface area contributed by atoms with Crippen LogP contribution in [0.2, 0.25) is 0 Å². The van der Waals surface area contributed by atoms with Gasteiger partial charge in [0.1, 0.15) is 25.4 Å². The first-order valence-corrected chi connectivity index (χ1v) is 56.8. The molecule has 8 aromatic carbocycles. The first kappa shape index (κ1) is 119. The Morgan fingerprint density at radius 1 is 0.407 bits per heavy atom. The van der Waals surface area contributed by atoms with Crippen LogP contribution in [0.3, 0.4) is 0 Å². The maximum absolute atomic E-state index is 13.5. The molecule has 0 bridgehead atoms. The zero-order valence-corrected chi connectivity index (χ0v) is 96.2. The molecule has 8 heterocycles. The molecular formula is C100H115BrFeN26O12S10. The van der Waals surface area contributed by atoms with Crippen LogP contribution in [-0.2, 0) is 85.4 Å². The fraction of sp³-hybridized carbons (Fsp3) is 0.260. The smallest absolute Gasteiger partial charge is 0.269 e. The summed E-state index contributed by atoms with van der Waals surface area (Å²) in [6.07, 6.45) is 20.6. The summed E-state index contributed by atoms with van der Waals surface area (Å²) in [6.45, 7) is 29.5. The Bertz CT molecular complexity index is 7920. The number of nitrogens with one attached hydrogen (secondary N) is 9. The minimum Gasteiger partial charge on any atom is -0.399 e. The van der Waals surface area contributed by atoms with E-state index in [1.165, 1.54) is 87.4 Å². The number of benzene rings is 8. The number of aromatic nitrogens is 12. The number of thiocyanates is 1. The quantitative estimate of drug-likeness (QED) is 0.00569. The van der Waals surface area contributed by atoms with Crippen molar-refractivity contribution in [2.75, 3.05) is 32.7 Å². The standard InChI is InChI=1S/C27H33N7O2S3.C23H24N6O4S2.C23H26N6O2S2.C19H20N4O4S2.C4H5BrN2.C4H7NS.Fe/c1-17(2)30-26(37)32-19-9-7-18(8-10-19)24-29-16-22(38-24)21-12-11-20(31-25-28-13-14-34(25)6)15-23(21)39(35,36)33-27(3,4)5;1-23(2,3)27-35(32,33)20-13-16(26-22-24-11-12-28(22)4)7-10-18(20)19-14-25-21(34-19)15-5-8-17(9-6-15)29(30)31;1-23(2,3)28-33(30,31)20-13-17(27-22-25-11-12-29(22)4)9-10-18(20)19-14-26-21(32-19)15-5-7-16(24)8-6-15;1-19(2,3)22-29(26,27)17-10-13(20)6-9-15(17)16-11-21-18(28-16)12-4-7-14(8-5-12)23(24)25;1-7-3-2-6-4(7)5;1-4(2)6-3-5;/h7-17,33H,1-6H3,(H,28,31)(H2,30,32,37);5-14,27H,1-4H3,(H,24,26);5-14,28H,24H2,1-4H3,(H,25,27);4-11,22H,20H2,1-3H3;2-3H,1H3;4H,1-2H3;. The largest absolute Gasteiger partial charge is 0.399 e. The number of halogens is 1. The van der Waals surface area contributed by atoms with E-state index in [1.54, 1.807) is 181 Å². The third kappa shape index (κ3) is 34.3. The molecule has 792 valence electrons. The van der Waals surface area contributed by atoms with Gasteiger partial charge in [0.25, 0.3) is 11.4 Å². The van der Waals surface area contributed by atoms with E-state index in [0.29, 0.717) is 110 Å². The molecule has 16 rings (SSSR count). The Labute approximate surface area is 917 Å². The zero-order valence-electron chi connectivity index (χ0n) is 85.3. The molecule has 0 amide bonds. The Hall–Kier alpha value is -12.9. The van der Waals surface area contributed by atoms with Crippen LogP contribution in [0, 0.1) is 30.9 Å². The number of rotatable bonds is 27. The third-order valence-corrected chi connectivity index (χ3v) is 32.9. The second-order valence-electron chi connectivity index (χ2n) is 38.0. The van der Waals surface area contributed by atoms with E-state index in [0.717, 1.165) is 41.3 Å². The van der Waals surface area contributed by atoms with E-state index in [4.69, 9.17) is 28.9 Å². The Balaban J connectivity index is 0.000000196. The second-order valence-corrected chi connectivity index (χ2v) is 51.2. The predicted molar refractivity (Wildman–Crippen MR) is 608 cm³/mol. The molecule has 0 unspecified atom stereocenters. The first-order valence-electron chi connectivity index (χ1n) is 45.6. The van der Waals surface area contributed by atoms with E-state index in [9.17, 15) is 53.9 Å². The number of anilines is 9. The number of hydrogen-bond acceptors (Lipinski definition) is 32. The summed E-state index contributed by atoms with van der Waals surface area (Å²) in [5.74, 6) is 1.79. The van der Waals surface area contributed by atoms with Gasteiger partial charge in [-0.05, 0) is 258 Å². The molecule has 50 heteroatoms. The summed E-state index contributed by atoms with van der Waals surface area (Å²) in [5.41, 5.74) is 18.1. The minimum absolute atomic E-state index is 0. The summed E-state index contributed by atoms with van der Waals surface area (Å²) in [5, 5.41) is 51.3. The molecule has 150 heavy (non-hydrogen) atoms. The van der Waals surface area contributed by atoms with Crippen LogP contribution < -0.4 is 56.9 Å². The van der Waals surface area contributed by atoms with Crippen molar-refractivity contribution < 1.29 is 60.6 Å². The SMILES string of the molecule is CC(C)(C)NS(=O)(=O)c1cc(N)ccc1-c1cnc(-c2ccc([N+](=O)[O-])cc2)s1.CC(C)NC(=S)Nc1ccc(-c2ncc(-c3ccc(Nc4nccn4C)cc3S(=O)(=O)NC(C)(C)C)s2)cc1.CC(C)SC#N.Cn1ccnc1Br.Cn1ccnc1Nc1ccc(-c2cnc(-c3ccc(N)cc3)s2)c(S(=O)(=O)NC(C)(C)C)c1.Cn1ccnc1Nc1ccc(-c2cnc(-c3ccc([N+](=O)[O-])cc3)s2)c(S(=O)(=O)NC(C)(C)C)c1.[Fe]. The number of nitro groups is 2. The predicted octanol–water partition coefficient (Wildman–Crippen LogP) is 22.1. The number of aryl methyl sites for hydroxylation is 4. The van der Waals surface area contributed by atoms with Crippen molar-refractivity contribution in [3.05, 3.63) is 269 Å². The minimum atomic E-state index is -3.89. The number of thiocarbonyl (C=S) groups is 1. The normalized spacial score (nSPS) is 11.7. The van der Waals surface area contributed by atoms with Gasteiger partial charge in [-0.2, -0.15) is 5.26 Å². The van der Waals surface area contributed by atoms with Crippen molar-refractivity contribution in [1.29, 1.82) is 5.26 Å². The monoisotopic (exact) mass is 2330 g/mol. The molecule has 0 atom stereocenters. The van der Waals surface area contributed by atoms with Gasteiger partial charge < -0.3 is 56.3 Å². The van der Waals surface area contributed by atoms with Crippen LogP contribution >= 0.6 is 85.3 Å². The van der Waals surface area contributed by atoms with Crippen molar-refractivity contribution in [3.63, 3.8) is 0 Å². The van der Waals surface area contributed by atoms with Crippen molar-refractivity contribution in [2.45, 2.75) is 164 Å². The number of thioether (sulfide) groups is 1. The van der Waals surface area contributed by atoms with Gasteiger partial charge >= 0.3 is 0 Å². The summed E-state index contributed by atoms with van der Waals surface area (Å²) in [6, 6.07) is 47.9. The number of thiazole rings is 4. The number of nitro benzene ring substituents is 2. The molecule has 0 saturated carbocycles. The number of non-ortho nitro benzene ring substituents is 2. The van der Waals surface area contributed by atoms with Crippen molar-refractivity contribution >= 4 is 194 Å². The van der Waals surface area contributed by atoms with Gasteiger partial charge in [0.2, 0.25) is 57.9 Å². The number of sulfonamides is 4. The van der Waals surface area contributed by atoms with E-state index in [1.807, 2.05) is 196 Å². The molecule has 0 saturated heterocycles. The Kier molecular flexibility index (Phi) is 40.3. The van der Waals surface area contributed by atoms with E-state index >= 15 is 0 Å². The summed E-state index contributed by atoms with van der Waals surface area (Å²) in [7, 11) is -7.90. The Morgan fingerprint density at radius 3 is 0.913 bits per heavy atom. The molecule has 8 aromatic heterocycles. The van der Waals surface area contributed by atoms with Gasteiger partial charge in [-0.3, -0.25) is 20.2 Å². The average molecular weight is 2330 g/mol. The van der Waals surface area contributed by atoms with Gasteiger partial charge in [-0.1, -0.05) is 38.1 Å². The molecule has 0 spiro atoms. The molecule has 0 radical (unpaired) electrons. The van der Waals surface area contributed by atoms with Crippen LogP contribution in [0.1, 0.15) is 111 Å². The Morgan fingerprint density at radius 2 is 0.673 bits per heavy atom. The molecule has 0 aliphatic heterocycles. The molecule has 16 aromatic rings. The van der Waals surface area contributed by atoms with Crippen LogP contribution in [0.5, 0.6) is 0 Å². The van der Waals surface area contributed by atoms with Crippen LogP contribution in [0.15, 0.2) is 269 Å². The van der Waals surface area contributed by atoms with Crippen molar-refractivity contribution in [3.8, 4) is 89.4 Å². The molecule has 0 aliphatic rings. The van der Waals surface area contributed by atoms with Crippen molar-refractivity contribution in [1.82, 2.24) is 82.3 Å². The second kappa shape index (κ2) is 50.8. The number of nitrogens with zero attached hydrogens (tertiary/aromatic N) is 15. The number of imidazole rings is 4. The number of nitrogens with two attached hydrogens (primary N) is 2. The third-order valence-electron chi connectivity index (χ3n) is 19.9. The van der Waals surface area contributed by atoms with Gasteiger partial charge in [-0.25, -0.2) is 92.4 Å². The summed E-state index contributed by atoms with van der Waals surface area (Å²) >= 11 is 15.3. The first-order chi connectivity index (χ1) is 69.8. The van der Waals surface area contributed by atoms with Gasteiger partial charge in [0, 0.05) is 256 Å². The van der Waals surface area contributed by atoms with Gasteiger partial charge in [-0.15, -0.1) is 45.3 Å². The number of nitrogen functional groups attached to an aromatic ring is 2. The topological polar surface area (TPSA) is 530 Å². The van der Waals surface area contributed by atoms with Gasteiger partial charge in [0.15, 0.2) is 9.85 Å². The van der Waals surface area contributed by atoms with Crippen LogP contribution in [0.25, 0.3) is 84.0 Å². The molecule has 0 aliphatic carbocycles. The zero-order chi connectivity index (χ0) is 109. The average Bonchev–Trinajstić information content (AvgIpc) is 1.37. The molecule has 0 fully saturated rings. The molecule has 38 nitrogen and oxygen atoms in total. The van der Waals surface area contributed by atoms with Crippen molar-refractivity contribution in [2.24, 2.45) is 28.2 Å². The molecular weight excluding hydrogens is 2210 g/mol. The molecule has 13 N–H and O–H groups in total. The van der Waals surface area contributed by atoms with Crippen LogP contribution in [-0.4, -0.2) is 140 Å². The van der Waals surface area contributed by atoms with E-state index in [2.05, 4.69) is 101 Å². The summed E-state index contributed by atoms with van der Waals surface area (Å²) < 4.78 is 126. The van der Waals surface area contributed by atoms with E-state index in [-0.39, 0.29) is 54.1 Å². The fourth-order valence-electron chi connectivity index (χ4n) is 13.5. The number of nitriles is 1. The maximum atomic E-state index is 13.5. The van der Waals surface area contributed by atoms with Crippen LogP contribution in [0.4, 0.5) is 63.3 Å². The summed E-state index contributed by atoms with van der Waals surface area (Å²) in [4.78, 5) is 58.7. The number of hydrogen-bond donors (Lipinski definition) is 11. The maximum Gasteiger partial charge on any atom is 0.269 e. The fourth-order valence-corrected chi connectivity index (χ4v) is 25.1. The van der Waals surface area contributed by atoms with E-state index < -0.39 is 72.1 Å². The van der Waals surface area contributed by atoms with Gasteiger partial charge in [0.05, 0.1) is 48.9 Å².